The molecule has 1 heterocycles. The van der Waals surface area contributed by atoms with Crippen LogP contribution in [-0.4, -0.2) is 38.1 Å². The first kappa shape index (κ1) is 26.0. The second-order valence-electron chi connectivity index (χ2n) is 8.46. The van der Waals surface area contributed by atoms with Gasteiger partial charge in [0.2, 0.25) is 11.7 Å². The number of carbonyl (C=O) groups excluding carboxylic acids is 2. The van der Waals surface area contributed by atoms with Crippen LogP contribution >= 0.6 is 11.3 Å². The van der Waals surface area contributed by atoms with Crippen molar-refractivity contribution in [2.45, 2.75) is 26.7 Å². The zero-order valence-corrected chi connectivity index (χ0v) is 22.2. The Hall–Kier alpha value is -4.11. The quantitative estimate of drug-likeness (QED) is 0.292. The first-order valence-corrected chi connectivity index (χ1v) is 12.5. The van der Waals surface area contributed by atoms with Crippen molar-refractivity contribution < 1.29 is 23.8 Å². The van der Waals surface area contributed by atoms with Gasteiger partial charge in [-0.05, 0) is 61.2 Å². The number of hydrogen-bond donors (Lipinski definition) is 2. The number of amides is 2. The van der Waals surface area contributed by atoms with E-state index in [2.05, 4.69) is 15.6 Å². The number of nitrogens with one attached hydrogen (secondary N) is 2. The Balaban J connectivity index is 1.43. The van der Waals surface area contributed by atoms with Gasteiger partial charge < -0.3 is 24.8 Å². The van der Waals surface area contributed by atoms with Gasteiger partial charge in [-0.25, -0.2) is 4.98 Å². The van der Waals surface area contributed by atoms with Crippen LogP contribution in [0.4, 0.5) is 10.8 Å². The van der Waals surface area contributed by atoms with Gasteiger partial charge in [-0.15, -0.1) is 0 Å². The normalized spacial score (nSPS) is 10.7. The van der Waals surface area contributed by atoms with Crippen molar-refractivity contribution in [2.75, 3.05) is 32.0 Å². The molecular formula is C28H29N3O5S. The van der Waals surface area contributed by atoms with Crippen LogP contribution in [0.2, 0.25) is 0 Å². The summed E-state index contributed by atoms with van der Waals surface area (Å²) in [5.74, 6) is 1.22. The number of thiazole rings is 1. The first-order chi connectivity index (χ1) is 17.8. The summed E-state index contributed by atoms with van der Waals surface area (Å²) in [5.41, 5.74) is 4.89. The predicted molar refractivity (Wildman–Crippen MR) is 147 cm³/mol. The summed E-state index contributed by atoms with van der Waals surface area (Å²) in [4.78, 5) is 30.1. The first-order valence-electron chi connectivity index (χ1n) is 11.7. The van der Waals surface area contributed by atoms with E-state index in [1.54, 1.807) is 45.6 Å². The smallest absolute Gasteiger partial charge is 0.255 e. The Kier molecular flexibility index (Phi) is 7.93. The lowest BCUT2D eigenvalue weighted by molar-refractivity contribution is -0.116. The number of benzene rings is 3. The van der Waals surface area contributed by atoms with Gasteiger partial charge in [-0.1, -0.05) is 35.6 Å². The van der Waals surface area contributed by atoms with Crippen molar-refractivity contribution >= 4 is 44.2 Å². The lowest BCUT2D eigenvalue weighted by Gasteiger charge is -2.15. The number of fused-ring (bicyclic) bond motifs is 1. The van der Waals surface area contributed by atoms with Crippen molar-refractivity contribution in [2.24, 2.45) is 0 Å². The predicted octanol–water partition coefficient (Wildman–Crippen LogP) is 5.76. The molecule has 1 aromatic heterocycles. The maximum Gasteiger partial charge on any atom is 0.255 e. The second-order valence-corrected chi connectivity index (χ2v) is 9.49. The third-order valence-electron chi connectivity index (χ3n) is 6.02. The van der Waals surface area contributed by atoms with Gasteiger partial charge in [-0.2, -0.15) is 0 Å². The van der Waals surface area contributed by atoms with E-state index in [1.807, 2.05) is 38.1 Å². The number of nitrogens with zero attached hydrogens (tertiary/aromatic N) is 1. The van der Waals surface area contributed by atoms with Gasteiger partial charge in [0, 0.05) is 17.7 Å². The molecule has 0 saturated carbocycles. The minimum absolute atomic E-state index is 0.177. The highest BCUT2D eigenvalue weighted by Gasteiger charge is 2.17. The van der Waals surface area contributed by atoms with E-state index < -0.39 is 0 Å². The zero-order valence-electron chi connectivity index (χ0n) is 21.4. The van der Waals surface area contributed by atoms with Gasteiger partial charge >= 0.3 is 0 Å². The number of aryl methyl sites for hydroxylation is 3. The van der Waals surface area contributed by atoms with Crippen LogP contribution in [0.25, 0.3) is 10.2 Å². The maximum atomic E-state index is 12.9. The molecule has 8 nitrogen and oxygen atoms in total. The van der Waals surface area contributed by atoms with Crippen LogP contribution in [-0.2, 0) is 11.2 Å². The number of para-hydroxylation sites is 1. The van der Waals surface area contributed by atoms with Crippen molar-refractivity contribution in [3.05, 3.63) is 70.8 Å². The van der Waals surface area contributed by atoms with E-state index in [0.717, 1.165) is 27.1 Å². The Morgan fingerprint density at radius 1 is 0.892 bits per heavy atom. The number of carbonyl (C=O) groups is 2. The number of aromatic nitrogens is 1. The Morgan fingerprint density at radius 3 is 2.30 bits per heavy atom. The number of rotatable bonds is 9. The largest absolute Gasteiger partial charge is 0.493 e. The summed E-state index contributed by atoms with van der Waals surface area (Å²) in [5, 5.41) is 6.35. The Bertz CT molecular complexity index is 1440. The minimum Gasteiger partial charge on any atom is -0.493 e. The number of anilines is 2. The minimum atomic E-state index is -0.192. The van der Waals surface area contributed by atoms with Crippen LogP contribution < -0.4 is 24.8 Å². The van der Waals surface area contributed by atoms with Gasteiger partial charge in [0.25, 0.3) is 5.91 Å². The van der Waals surface area contributed by atoms with E-state index in [1.165, 1.54) is 11.3 Å². The maximum absolute atomic E-state index is 12.9. The van der Waals surface area contributed by atoms with Crippen LogP contribution in [0.5, 0.6) is 17.2 Å². The highest BCUT2D eigenvalue weighted by Crippen LogP contribution is 2.40. The topological polar surface area (TPSA) is 98.8 Å². The summed E-state index contributed by atoms with van der Waals surface area (Å²) in [7, 11) is 4.66. The third-order valence-corrected chi connectivity index (χ3v) is 6.96. The second kappa shape index (κ2) is 11.3. The molecule has 192 valence electrons. The molecule has 0 atom stereocenters. The summed E-state index contributed by atoms with van der Waals surface area (Å²) >= 11 is 1.33. The van der Waals surface area contributed by atoms with Crippen molar-refractivity contribution in [1.82, 2.24) is 4.98 Å². The highest BCUT2D eigenvalue weighted by molar-refractivity contribution is 7.22. The third kappa shape index (κ3) is 5.67. The molecule has 9 heteroatoms. The van der Waals surface area contributed by atoms with E-state index in [0.29, 0.717) is 39.9 Å². The summed E-state index contributed by atoms with van der Waals surface area (Å²) in [6, 6.07) is 14.8. The van der Waals surface area contributed by atoms with E-state index in [-0.39, 0.29) is 18.2 Å². The van der Waals surface area contributed by atoms with Gasteiger partial charge in [0.1, 0.15) is 0 Å². The van der Waals surface area contributed by atoms with Crippen LogP contribution in [0.15, 0.2) is 48.5 Å². The molecule has 4 rings (SSSR count). The standard InChI is InChI=1S/C28H29N3O5S/c1-16-7-6-8-17(2)24(16)31-27(33)19-9-12-20-22(15-19)37-28(29-20)30-23(32)14-11-18-10-13-21(34-3)26(36-5)25(18)35-4/h6-10,12-13,15H,11,14H2,1-5H3,(H,31,33)(H,29,30,32). The molecule has 37 heavy (non-hydrogen) atoms. The van der Waals surface area contributed by atoms with Crippen LogP contribution in [0.3, 0.4) is 0 Å². The summed E-state index contributed by atoms with van der Waals surface area (Å²) in [6.45, 7) is 3.93. The summed E-state index contributed by atoms with van der Waals surface area (Å²) in [6.07, 6.45) is 0.675. The van der Waals surface area contributed by atoms with Crippen LogP contribution in [0.1, 0.15) is 33.5 Å². The molecule has 4 aromatic rings. The average Bonchev–Trinajstić information content (AvgIpc) is 3.30. The molecule has 2 amide bonds. The molecule has 0 bridgehead atoms. The van der Waals surface area contributed by atoms with Gasteiger partial charge in [-0.3, -0.25) is 9.59 Å². The fraction of sp³-hybridized carbons (Fsp3) is 0.250. The fourth-order valence-corrected chi connectivity index (χ4v) is 5.03. The van der Waals surface area contributed by atoms with Crippen molar-refractivity contribution in [1.29, 1.82) is 0 Å². The molecule has 2 N–H and O–H groups in total. The van der Waals surface area contributed by atoms with E-state index >= 15 is 0 Å². The lowest BCUT2D eigenvalue weighted by Crippen LogP contribution is -2.13. The molecule has 3 aromatic carbocycles. The molecule has 0 saturated heterocycles. The molecule has 0 spiro atoms. The fourth-order valence-electron chi connectivity index (χ4n) is 4.11. The number of hydrogen-bond acceptors (Lipinski definition) is 7. The van der Waals surface area contributed by atoms with E-state index in [9.17, 15) is 9.59 Å². The zero-order chi connectivity index (χ0) is 26.5. The molecule has 0 fully saturated rings. The molecule has 0 radical (unpaired) electrons. The van der Waals surface area contributed by atoms with Gasteiger partial charge in [0.05, 0.1) is 31.5 Å². The van der Waals surface area contributed by atoms with Crippen molar-refractivity contribution in [3.63, 3.8) is 0 Å². The van der Waals surface area contributed by atoms with E-state index in [4.69, 9.17) is 14.2 Å². The molecule has 0 aliphatic carbocycles. The highest BCUT2D eigenvalue weighted by atomic mass is 32.1. The SMILES string of the molecule is COc1ccc(CCC(=O)Nc2nc3ccc(C(=O)Nc4c(C)cccc4C)cc3s2)c(OC)c1OC. The number of ether oxygens (including phenoxy) is 3. The molecular weight excluding hydrogens is 490 g/mol. The molecule has 0 unspecified atom stereocenters. The van der Waals surface area contributed by atoms with Crippen LogP contribution in [0, 0.1) is 13.8 Å². The van der Waals surface area contributed by atoms with Crippen molar-refractivity contribution in [3.8, 4) is 17.2 Å². The Morgan fingerprint density at radius 2 is 1.62 bits per heavy atom. The number of methoxy groups -OCH3 is 3. The Labute approximate surface area is 219 Å². The van der Waals surface area contributed by atoms with Gasteiger partial charge in [0.15, 0.2) is 16.6 Å². The summed E-state index contributed by atoms with van der Waals surface area (Å²) < 4.78 is 17.0. The average molecular weight is 520 g/mol. The monoisotopic (exact) mass is 519 g/mol. The molecule has 0 aliphatic heterocycles. The molecule has 0 aliphatic rings. The lowest BCUT2D eigenvalue weighted by atomic mass is 10.1.